The second kappa shape index (κ2) is 3.63. The van der Waals surface area contributed by atoms with E-state index in [1.165, 1.54) is 6.08 Å². The topological polar surface area (TPSA) is 49.3 Å². The minimum atomic E-state index is -0.250. The van der Waals surface area contributed by atoms with Crippen molar-refractivity contribution >= 4 is 17.7 Å². The molecule has 1 atom stereocenters. The van der Waals surface area contributed by atoms with Gasteiger partial charge < -0.3 is 10.4 Å². The van der Waals surface area contributed by atoms with Gasteiger partial charge in [0.05, 0.1) is 6.04 Å². The van der Waals surface area contributed by atoms with E-state index in [0.717, 1.165) is 16.7 Å². The Kier molecular flexibility index (Phi) is 2.11. The second-order valence-corrected chi connectivity index (χ2v) is 4.07. The van der Waals surface area contributed by atoms with Crippen molar-refractivity contribution in [2.75, 3.05) is 0 Å². The summed E-state index contributed by atoms with van der Waals surface area (Å²) < 4.78 is 0. The van der Waals surface area contributed by atoms with E-state index in [2.05, 4.69) is 5.32 Å². The fourth-order valence-electron chi connectivity index (χ4n) is 2.14. The van der Waals surface area contributed by atoms with Gasteiger partial charge in [-0.15, -0.1) is 0 Å². The molecule has 1 aliphatic heterocycles. The SMILES string of the molecule is O=C1C=CC2=C(O)c3ccccc3C=CC2N1. The number of carbonyl (C=O) groups is 1. The van der Waals surface area contributed by atoms with Gasteiger partial charge in [0.25, 0.3) is 0 Å². The molecule has 0 saturated heterocycles. The molecule has 0 saturated carbocycles. The summed E-state index contributed by atoms with van der Waals surface area (Å²) >= 11 is 0. The predicted molar refractivity (Wildman–Crippen MR) is 66.1 cm³/mol. The second-order valence-electron chi connectivity index (χ2n) is 4.07. The Hall–Kier alpha value is -2.29. The van der Waals surface area contributed by atoms with Gasteiger partial charge in [-0.05, 0) is 11.6 Å². The smallest absolute Gasteiger partial charge is 0.244 e. The number of carbonyl (C=O) groups excluding carboxylic acids is 1. The third-order valence-corrected chi connectivity index (χ3v) is 3.00. The van der Waals surface area contributed by atoms with Crippen LogP contribution in [0.5, 0.6) is 0 Å². The average Bonchev–Trinajstić information content (AvgIpc) is 2.48. The number of benzene rings is 1. The highest BCUT2D eigenvalue weighted by atomic mass is 16.3. The van der Waals surface area contributed by atoms with Crippen LogP contribution in [-0.4, -0.2) is 17.1 Å². The lowest BCUT2D eigenvalue weighted by atomic mass is 10.00. The van der Waals surface area contributed by atoms with E-state index < -0.39 is 0 Å². The summed E-state index contributed by atoms with van der Waals surface area (Å²) in [4.78, 5) is 11.3. The van der Waals surface area contributed by atoms with Gasteiger partial charge in [-0.3, -0.25) is 4.79 Å². The highest BCUT2D eigenvalue weighted by Gasteiger charge is 2.23. The van der Waals surface area contributed by atoms with E-state index in [0.29, 0.717) is 0 Å². The molecule has 3 heteroatoms. The van der Waals surface area contributed by atoms with Gasteiger partial charge in [0.1, 0.15) is 5.76 Å². The van der Waals surface area contributed by atoms with Gasteiger partial charge in [0.15, 0.2) is 0 Å². The molecule has 1 aromatic carbocycles. The number of nitrogens with one attached hydrogen (secondary N) is 1. The van der Waals surface area contributed by atoms with E-state index >= 15 is 0 Å². The minimum absolute atomic E-state index is 0.137. The number of fused-ring (bicyclic) bond motifs is 2. The maximum atomic E-state index is 11.3. The first-order valence-corrected chi connectivity index (χ1v) is 5.45. The van der Waals surface area contributed by atoms with Crippen LogP contribution < -0.4 is 5.32 Å². The Balaban J connectivity index is 2.22. The fraction of sp³-hybridized carbons (Fsp3) is 0.0714. The number of hydrogen-bond donors (Lipinski definition) is 2. The molecule has 1 heterocycles. The molecule has 0 radical (unpaired) electrons. The van der Waals surface area contributed by atoms with Crippen LogP contribution in [0.15, 0.2) is 48.1 Å². The number of aliphatic hydroxyl groups is 1. The van der Waals surface area contributed by atoms with Gasteiger partial charge in [-0.1, -0.05) is 36.4 Å². The minimum Gasteiger partial charge on any atom is -0.507 e. The van der Waals surface area contributed by atoms with Gasteiger partial charge in [-0.2, -0.15) is 0 Å². The van der Waals surface area contributed by atoms with Crippen LogP contribution in [0.25, 0.3) is 11.8 Å². The van der Waals surface area contributed by atoms with E-state index in [9.17, 15) is 9.90 Å². The molecule has 2 N–H and O–H groups in total. The molecule has 1 aliphatic carbocycles. The van der Waals surface area contributed by atoms with Crippen LogP contribution in [0, 0.1) is 0 Å². The largest absolute Gasteiger partial charge is 0.507 e. The maximum Gasteiger partial charge on any atom is 0.244 e. The Morgan fingerprint density at radius 1 is 1.12 bits per heavy atom. The Labute approximate surface area is 98.8 Å². The molecule has 1 unspecified atom stereocenters. The van der Waals surface area contributed by atoms with Crippen molar-refractivity contribution < 1.29 is 9.90 Å². The lowest BCUT2D eigenvalue weighted by Crippen LogP contribution is -2.36. The zero-order valence-electron chi connectivity index (χ0n) is 9.05. The maximum absolute atomic E-state index is 11.3. The molecule has 0 aromatic heterocycles. The van der Waals surface area contributed by atoms with Crippen LogP contribution >= 0.6 is 0 Å². The quantitative estimate of drug-likeness (QED) is 0.709. The van der Waals surface area contributed by atoms with E-state index in [-0.39, 0.29) is 17.7 Å². The normalized spacial score (nSPS) is 21.6. The number of rotatable bonds is 0. The third-order valence-electron chi connectivity index (χ3n) is 3.00. The first-order chi connectivity index (χ1) is 8.25. The number of amides is 1. The van der Waals surface area contributed by atoms with Crippen LogP contribution in [0.1, 0.15) is 11.1 Å². The van der Waals surface area contributed by atoms with Gasteiger partial charge in [0, 0.05) is 17.2 Å². The van der Waals surface area contributed by atoms with Crippen molar-refractivity contribution in [3.63, 3.8) is 0 Å². The van der Waals surface area contributed by atoms with E-state index in [1.807, 2.05) is 36.4 Å². The van der Waals surface area contributed by atoms with Crippen molar-refractivity contribution in [2.24, 2.45) is 0 Å². The van der Waals surface area contributed by atoms with Crippen molar-refractivity contribution in [1.82, 2.24) is 5.32 Å². The molecule has 84 valence electrons. The standard InChI is InChI=1S/C14H11NO2/c16-13-8-6-11-12(15-13)7-5-9-3-1-2-4-10(9)14(11)17/h1-8,12,17H,(H,15,16). The first-order valence-electron chi connectivity index (χ1n) is 5.45. The van der Waals surface area contributed by atoms with Crippen molar-refractivity contribution in [3.05, 3.63) is 59.2 Å². The average molecular weight is 225 g/mol. The molecule has 3 rings (SSSR count). The molecule has 0 spiro atoms. The first kappa shape index (κ1) is 9.90. The summed E-state index contributed by atoms with van der Waals surface area (Å²) in [5.74, 6) is 0.0917. The Morgan fingerprint density at radius 3 is 2.82 bits per heavy atom. The summed E-state index contributed by atoms with van der Waals surface area (Å²) in [7, 11) is 0. The van der Waals surface area contributed by atoms with E-state index in [1.54, 1.807) is 6.08 Å². The molecule has 2 aliphatic rings. The lowest BCUT2D eigenvalue weighted by Gasteiger charge is -2.19. The Morgan fingerprint density at radius 2 is 1.94 bits per heavy atom. The molecule has 0 fully saturated rings. The summed E-state index contributed by atoms with van der Waals surface area (Å²) in [5.41, 5.74) is 2.47. The zero-order valence-corrected chi connectivity index (χ0v) is 9.05. The van der Waals surface area contributed by atoms with Crippen LogP contribution in [0.2, 0.25) is 0 Å². The highest BCUT2D eigenvalue weighted by Crippen LogP contribution is 2.28. The van der Waals surface area contributed by atoms with Gasteiger partial charge in [0.2, 0.25) is 5.91 Å². The monoisotopic (exact) mass is 225 g/mol. The summed E-state index contributed by atoms with van der Waals surface area (Å²) in [6.45, 7) is 0. The summed E-state index contributed by atoms with van der Waals surface area (Å²) in [6.07, 6.45) is 6.91. The van der Waals surface area contributed by atoms with Crippen molar-refractivity contribution in [3.8, 4) is 0 Å². The Bertz CT molecular complexity index is 582. The van der Waals surface area contributed by atoms with Crippen molar-refractivity contribution in [1.29, 1.82) is 0 Å². The van der Waals surface area contributed by atoms with Gasteiger partial charge in [-0.25, -0.2) is 0 Å². The fourth-order valence-corrected chi connectivity index (χ4v) is 2.14. The van der Waals surface area contributed by atoms with Gasteiger partial charge >= 0.3 is 0 Å². The summed E-state index contributed by atoms with van der Waals surface area (Å²) in [5, 5.41) is 13.1. The van der Waals surface area contributed by atoms with E-state index in [4.69, 9.17) is 0 Å². The molecule has 1 aromatic rings. The third kappa shape index (κ3) is 1.56. The van der Waals surface area contributed by atoms with Crippen LogP contribution in [-0.2, 0) is 4.79 Å². The number of hydrogen-bond acceptors (Lipinski definition) is 2. The molecule has 0 bridgehead atoms. The number of aliphatic hydroxyl groups excluding tert-OH is 1. The molecule has 3 nitrogen and oxygen atoms in total. The lowest BCUT2D eigenvalue weighted by molar-refractivity contribution is -0.116. The summed E-state index contributed by atoms with van der Waals surface area (Å²) in [6, 6.07) is 7.36. The zero-order chi connectivity index (χ0) is 11.8. The van der Waals surface area contributed by atoms with Crippen LogP contribution in [0.3, 0.4) is 0 Å². The predicted octanol–water partition coefficient (Wildman–Crippen LogP) is 2.04. The molecular weight excluding hydrogens is 214 g/mol. The van der Waals surface area contributed by atoms with Crippen molar-refractivity contribution in [2.45, 2.75) is 6.04 Å². The molecular formula is C14H11NO2. The molecule has 17 heavy (non-hydrogen) atoms. The molecule has 1 amide bonds. The van der Waals surface area contributed by atoms with Crippen LogP contribution in [0.4, 0.5) is 0 Å². The highest BCUT2D eigenvalue weighted by molar-refractivity contribution is 5.92.